The largest absolute Gasteiger partial charge is 0.481 e. The molecule has 0 saturated carbocycles. The summed E-state index contributed by atoms with van der Waals surface area (Å²) in [5.41, 5.74) is 1.28. The van der Waals surface area contributed by atoms with Gasteiger partial charge in [-0.25, -0.2) is 0 Å². The Morgan fingerprint density at radius 1 is 1.29 bits per heavy atom. The van der Waals surface area contributed by atoms with Gasteiger partial charge in [0.05, 0.1) is 23.1 Å². The second kappa shape index (κ2) is 6.45. The fourth-order valence-corrected chi connectivity index (χ4v) is 3.15. The number of carbonyl (C=O) groups excluding carboxylic acids is 1. The van der Waals surface area contributed by atoms with Gasteiger partial charge in [0.25, 0.3) is 5.91 Å². The molecule has 0 aliphatic carbocycles. The van der Waals surface area contributed by atoms with Crippen molar-refractivity contribution in [3.63, 3.8) is 0 Å². The lowest BCUT2D eigenvalue weighted by Gasteiger charge is -2.18. The molecule has 0 spiro atoms. The Hall–Kier alpha value is -2.06. The Bertz CT molecular complexity index is 654. The summed E-state index contributed by atoms with van der Waals surface area (Å²) in [7, 11) is 0. The second-order valence-electron chi connectivity index (χ2n) is 6.07. The van der Waals surface area contributed by atoms with Crippen molar-refractivity contribution in [3.05, 3.63) is 17.0 Å². The van der Waals surface area contributed by atoms with Crippen LogP contribution >= 0.6 is 0 Å². The number of rotatable bonds is 4. The molecule has 0 aromatic carbocycles. The molecule has 1 aliphatic heterocycles. The molecule has 0 radical (unpaired) electrons. The smallest absolute Gasteiger partial charge is 0.394 e. The molecule has 6 nitrogen and oxygen atoms in total. The first-order valence-corrected chi connectivity index (χ1v) is 7.70. The Morgan fingerprint density at radius 3 is 2.38 bits per heavy atom. The third-order valence-electron chi connectivity index (χ3n) is 4.38. The van der Waals surface area contributed by atoms with Gasteiger partial charge in [0.1, 0.15) is 0 Å². The summed E-state index contributed by atoms with van der Waals surface area (Å²) < 4.78 is 40.8. The number of aryl methyl sites for hydroxylation is 2. The van der Waals surface area contributed by atoms with Gasteiger partial charge in [-0.1, -0.05) is 6.92 Å². The van der Waals surface area contributed by atoms with Gasteiger partial charge in [-0.2, -0.15) is 18.3 Å². The highest BCUT2D eigenvalue weighted by Crippen LogP contribution is 2.38. The van der Waals surface area contributed by atoms with E-state index in [0.29, 0.717) is 17.9 Å². The molecule has 134 valence electrons. The molecule has 1 saturated heterocycles. The number of nitrogens with zero attached hydrogens (tertiary/aromatic N) is 3. The van der Waals surface area contributed by atoms with Crippen LogP contribution in [0.25, 0.3) is 0 Å². The molecular weight excluding hydrogens is 327 g/mol. The number of hydrogen-bond acceptors (Lipinski definition) is 3. The van der Waals surface area contributed by atoms with E-state index in [9.17, 15) is 22.8 Å². The van der Waals surface area contributed by atoms with Crippen LogP contribution in [0.5, 0.6) is 0 Å². The van der Waals surface area contributed by atoms with Crippen LogP contribution < -0.4 is 0 Å². The number of amides is 1. The van der Waals surface area contributed by atoms with Crippen molar-refractivity contribution in [1.82, 2.24) is 14.7 Å². The van der Waals surface area contributed by atoms with Crippen LogP contribution in [0.1, 0.15) is 35.1 Å². The Kier molecular flexibility index (Phi) is 4.91. The van der Waals surface area contributed by atoms with Crippen LogP contribution in [0.2, 0.25) is 0 Å². The lowest BCUT2D eigenvalue weighted by molar-refractivity contribution is -0.187. The Morgan fingerprint density at radius 2 is 1.92 bits per heavy atom. The van der Waals surface area contributed by atoms with E-state index in [-0.39, 0.29) is 5.56 Å². The summed E-state index contributed by atoms with van der Waals surface area (Å²) in [4.78, 5) is 24.8. The number of aliphatic carboxylic acids is 1. The van der Waals surface area contributed by atoms with Crippen molar-refractivity contribution < 1.29 is 27.9 Å². The maximum absolute atomic E-state index is 13.1. The van der Waals surface area contributed by atoms with E-state index >= 15 is 0 Å². The molecule has 1 aliphatic rings. The van der Waals surface area contributed by atoms with Gasteiger partial charge in [0, 0.05) is 25.3 Å². The Labute approximate surface area is 137 Å². The van der Waals surface area contributed by atoms with Crippen LogP contribution in [-0.4, -0.2) is 50.9 Å². The SMILES string of the molecule is CCCn1nc(C)c(C(=O)N2C[C@@H](C(F)(F)F)[C@H](C(=O)O)C2)c1C. The molecule has 1 aromatic heterocycles. The second-order valence-corrected chi connectivity index (χ2v) is 6.07. The molecule has 1 amide bonds. The first-order chi connectivity index (χ1) is 11.1. The summed E-state index contributed by atoms with van der Waals surface area (Å²) in [6, 6.07) is 0. The molecule has 0 unspecified atom stereocenters. The summed E-state index contributed by atoms with van der Waals surface area (Å²) in [6.45, 7) is 4.77. The summed E-state index contributed by atoms with van der Waals surface area (Å²) in [6.07, 6.45) is -3.86. The zero-order valence-electron chi connectivity index (χ0n) is 13.7. The van der Waals surface area contributed by atoms with E-state index in [1.54, 1.807) is 18.5 Å². The van der Waals surface area contributed by atoms with Gasteiger partial charge in [0.15, 0.2) is 0 Å². The van der Waals surface area contributed by atoms with Gasteiger partial charge in [-0.05, 0) is 20.3 Å². The van der Waals surface area contributed by atoms with E-state index in [0.717, 1.165) is 11.3 Å². The van der Waals surface area contributed by atoms with E-state index < -0.39 is 43.0 Å². The van der Waals surface area contributed by atoms with Crippen molar-refractivity contribution in [2.75, 3.05) is 13.1 Å². The van der Waals surface area contributed by atoms with Crippen LogP contribution in [0.4, 0.5) is 13.2 Å². The molecule has 24 heavy (non-hydrogen) atoms. The third-order valence-corrected chi connectivity index (χ3v) is 4.38. The molecule has 1 fully saturated rings. The molecule has 2 rings (SSSR count). The normalized spacial score (nSPS) is 21.3. The van der Waals surface area contributed by atoms with Crippen molar-refractivity contribution in [1.29, 1.82) is 0 Å². The highest BCUT2D eigenvalue weighted by Gasteiger charge is 2.53. The van der Waals surface area contributed by atoms with E-state index in [1.807, 2.05) is 6.92 Å². The van der Waals surface area contributed by atoms with Crippen molar-refractivity contribution in [2.45, 2.75) is 39.9 Å². The highest BCUT2D eigenvalue weighted by atomic mass is 19.4. The minimum Gasteiger partial charge on any atom is -0.481 e. The quantitative estimate of drug-likeness (QED) is 0.906. The van der Waals surface area contributed by atoms with Gasteiger partial charge in [0.2, 0.25) is 0 Å². The van der Waals surface area contributed by atoms with Crippen LogP contribution in [-0.2, 0) is 11.3 Å². The summed E-state index contributed by atoms with van der Waals surface area (Å²) in [5.74, 6) is -5.82. The Balaban J connectivity index is 2.30. The predicted octanol–water partition coefficient (Wildman–Crippen LogP) is 2.25. The monoisotopic (exact) mass is 347 g/mol. The van der Waals surface area contributed by atoms with Crippen molar-refractivity contribution in [3.8, 4) is 0 Å². The number of hydrogen-bond donors (Lipinski definition) is 1. The first-order valence-electron chi connectivity index (χ1n) is 7.70. The van der Waals surface area contributed by atoms with Crippen molar-refractivity contribution >= 4 is 11.9 Å². The zero-order chi connectivity index (χ0) is 18.2. The van der Waals surface area contributed by atoms with Gasteiger partial charge >= 0.3 is 12.1 Å². The average Bonchev–Trinajstić information content (AvgIpc) is 3.01. The third kappa shape index (κ3) is 3.25. The predicted molar refractivity (Wildman–Crippen MR) is 78.6 cm³/mol. The highest BCUT2D eigenvalue weighted by molar-refractivity contribution is 5.97. The fraction of sp³-hybridized carbons (Fsp3) is 0.667. The van der Waals surface area contributed by atoms with Gasteiger partial charge in [-0.3, -0.25) is 14.3 Å². The minimum atomic E-state index is -4.66. The number of carboxylic acid groups (broad SMARTS) is 1. The van der Waals surface area contributed by atoms with Crippen LogP contribution in [0.15, 0.2) is 0 Å². The number of halogens is 3. The minimum absolute atomic E-state index is 0.260. The van der Waals surface area contributed by atoms with Crippen LogP contribution in [0, 0.1) is 25.7 Å². The standard InChI is InChI=1S/C15H20F3N3O3/c1-4-5-21-9(3)12(8(2)19-21)13(22)20-6-10(14(23)24)11(7-20)15(16,17)18/h10-11H,4-7H2,1-3H3,(H,23,24)/t10-,11-/m1/s1. The van der Waals surface area contributed by atoms with E-state index in [4.69, 9.17) is 5.11 Å². The number of aromatic nitrogens is 2. The number of carbonyl (C=O) groups is 2. The molecular formula is C15H20F3N3O3. The molecule has 2 heterocycles. The molecule has 1 aromatic rings. The fourth-order valence-electron chi connectivity index (χ4n) is 3.15. The lowest BCUT2D eigenvalue weighted by Crippen LogP contribution is -2.34. The van der Waals surface area contributed by atoms with Crippen LogP contribution in [0.3, 0.4) is 0 Å². The topological polar surface area (TPSA) is 75.4 Å². The average molecular weight is 347 g/mol. The maximum atomic E-state index is 13.1. The molecule has 0 bridgehead atoms. The first kappa shape index (κ1) is 18.3. The lowest BCUT2D eigenvalue weighted by atomic mass is 9.96. The number of likely N-dealkylation sites (tertiary alicyclic amines) is 1. The van der Waals surface area contributed by atoms with Gasteiger partial charge < -0.3 is 10.0 Å². The number of carboxylic acids is 1. The van der Waals surface area contributed by atoms with Gasteiger partial charge in [-0.15, -0.1) is 0 Å². The van der Waals surface area contributed by atoms with E-state index in [2.05, 4.69) is 5.10 Å². The van der Waals surface area contributed by atoms with E-state index in [1.165, 1.54) is 0 Å². The zero-order valence-corrected chi connectivity index (χ0v) is 13.7. The molecule has 9 heteroatoms. The van der Waals surface area contributed by atoms with Crippen molar-refractivity contribution in [2.24, 2.45) is 11.8 Å². The number of alkyl halides is 3. The molecule has 2 atom stereocenters. The summed E-state index contributed by atoms with van der Waals surface area (Å²) in [5, 5.41) is 13.3. The summed E-state index contributed by atoms with van der Waals surface area (Å²) >= 11 is 0. The maximum Gasteiger partial charge on any atom is 0.394 e. The molecule has 1 N–H and O–H groups in total.